The van der Waals surface area contributed by atoms with Gasteiger partial charge in [0.05, 0.1) is 6.04 Å². The van der Waals surface area contributed by atoms with Gasteiger partial charge in [0.2, 0.25) is 5.91 Å². The van der Waals surface area contributed by atoms with Crippen LogP contribution in [-0.2, 0) is 4.79 Å². The molecule has 2 atom stereocenters. The summed E-state index contributed by atoms with van der Waals surface area (Å²) in [4.78, 5) is 13.6. The lowest BCUT2D eigenvalue weighted by atomic mass is 9.91. The van der Waals surface area contributed by atoms with Gasteiger partial charge in [-0.05, 0) is 19.3 Å². The van der Waals surface area contributed by atoms with Gasteiger partial charge in [-0.3, -0.25) is 4.79 Å². The van der Waals surface area contributed by atoms with Gasteiger partial charge in [0, 0.05) is 26.1 Å². The van der Waals surface area contributed by atoms with E-state index in [1.54, 1.807) is 4.90 Å². The molecule has 0 bridgehead atoms. The van der Waals surface area contributed by atoms with E-state index in [4.69, 9.17) is 0 Å². The summed E-state index contributed by atoms with van der Waals surface area (Å²) in [5, 5.41) is 2.92. The topological polar surface area (TPSA) is 32.3 Å². The number of nitrogens with one attached hydrogen (secondary N) is 1. The van der Waals surface area contributed by atoms with Crippen LogP contribution in [0.1, 0.15) is 25.7 Å². The highest BCUT2D eigenvalue weighted by molar-refractivity contribution is 5.85. The molecule has 0 aromatic heterocycles. The Morgan fingerprint density at radius 2 is 2.13 bits per heavy atom. The number of alkyl halides is 1. The van der Waals surface area contributed by atoms with Crippen LogP contribution in [0, 0.1) is 0 Å². The Kier molecular flexibility index (Phi) is 4.34. The molecule has 0 radical (unpaired) electrons. The maximum Gasteiger partial charge on any atom is 0.239 e. The first-order valence-electron chi connectivity index (χ1n) is 5.32. The number of hydrogen-bond donors (Lipinski definition) is 1. The van der Waals surface area contributed by atoms with Gasteiger partial charge in [0.1, 0.15) is 6.17 Å². The number of carbonyl (C=O) groups is 1. The van der Waals surface area contributed by atoms with Gasteiger partial charge < -0.3 is 10.2 Å². The third kappa shape index (κ3) is 2.61. The van der Waals surface area contributed by atoms with E-state index >= 15 is 0 Å². The minimum absolute atomic E-state index is 0. The fraction of sp³-hybridized carbons (Fsp3) is 0.900. The normalized spacial score (nSPS) is 30.5. The zero-order chi connectivity index (χ0) is 10.1. The molecule has 1 heterocycles. The molecular weight excluding hydrogens is 219 g/mol. The lowest BCUT2D eigenvalue weighted by molar-refractivity contribution is -0.135. The van der Waals surface area contributed by atoms with Crippen molar-refractivity contribution in [2.75, 3.05) is 13.6 Å². The van der Waals surface area contributed by atoms with E-state index in [1.165, 1.54) is 6.42 Å². The number of rotatable bonds is 2. The first kappa shape index (κ1) is 12.7. The second-order valence-corrected chi connectivity index (χ2v) is 4.33. The smallest absolute Gasteiger partial charge is 0.239 e. The van der Waals surface area contributed by atoms with Gasteiger partial charge in [-0.1, -0.05) is 0 Å². The molecule has 0 spiro atoms. The summed E-state index contributed by atoms with van der Waals surface area (Å²) in [6, 6.07) is 0.124. The molecule has 1 saturated carbocycles. The van der Waals surface area contributed by atoms with Gasteiger partial charge in [-0.2, -0.15) is 0 Å². The standard InChI is InChI=1S/C10H17FN2O.ClH/c1-13(8-3-2-4-8)10(14)9-5-7(11)6-12-9;/h7-9,12H,2-6H2,1H3;1H/t7-,9+;/m0./s1. The summed E-state index contributed by atoms with van der Waals surface area (Å²) in [6.07, 6.45) is 2.92. The van der Waals surface area contributed by atoms with Crippen molar-refractivity contribution in [3.63, 3.8) is 0 Å². The average Bonchev–Trinajstić information content (AvgIpc) is 2.47. The number of amides is 1. The van der Waals surface area contributed by atoms with Crippen molar-refractivity contribution in [2.45, 2.75) is 43.9 Å². The largest absolute Gasteiger partial charge is 0.341 e. The highest BCUT2D eigenvalue weighted by Crippen LogP contribution is 2.25. The van der Waals surface area contributed by atoms with E-state index in [1.807, 2.05) is 7.05 Å². The molecule has 1 amide bonds. The van der Waals surface area contributed by atoms with Crippen LogP contribution in [0.4, 0.5) is 4.39 Å². The van der Waals surface area contributed by atoms with Crippen molar-refractivity contribution in [2.24, 2.45) is 0 Å². The summed E-state index contributed by atoms with van der Waals surface area (Å²) in [5.74, 6) is 0.0647. The maximum absolute atomic E-state index is 12.9. The number of nitrogens with zero attached hydrogens (tertiary/aromatic N) is 1. The Labute approximate surface area is 95.8 Å². The van der Waals surface area contributed by atoms with Crippen molar-refractivity contribution in [1.82, 2.24) is 10.2 Å². The number of carbonyl (C=O) groups excluding carboxylic acids is 1. The first-order chi connectivity index (χ1) is 6.68. The third-order valence-electron chi connectivity index (χ3n) is 3.35. The highest BCUT2D eigenvalue weighted by atomic mass is 35.5. The van der Waals surface area contributed by atoms with Crippen LogP contribution in [0.15, 0.2) is 0 Å². The van der Waals surface area contributed by atoms with E-state index in [9.17, 15) is 9.18 Å². The molecule has 1 saturated heterocycles. The van der Waals surface area contributed by atoms with E-state index in [2.05, 4.69) is 5.32 Å². The molecule has 1 aliphatic carbocycles. The Bertz CT molecular complexity index is 231. The number of hydrogen-bond acceptors (Lipinski definition) is 2. The zero-order valence-electron chi connectivity index (χ0n) is 8.91. The second kappa shape index (κ2) is 5.12. The molecule has 5 heteroatoms. The third-order valence-corrected chi connectivity index (χ3v) is 3.35. The predicted octanol–water partition coefficient (Wildman–Crippen LogP) is 1.12. The van der Waals surface area contributed by atoms with E-state index in [-0.39, 0.29) is 24.4 Å². The summed E-state index contributed by atoms with van der Waals surface area (Å²) in [5.41, 5.74) is 0. The molecule has 2 fully saturated rings. The van der Waals surface area contributed by atoms with E-state index < -0.39 is 6.17 Å². The van der Waals surface area contributed by atoms with Crippen LogP contribution in [0.5, 0.6) is 0 Å². The summed E-state index contributed by atoms with van der Waals surface area (Å²) < 4.78 is 12.9. The second-order valence-electron chi connectivity index (χ2n) is 4.33. The van der Waals surface area contributed by atoms with Crippen LogP contribution < -0.4 is 5.32 Å². The lowest BCUT2D eigenvalue weighted by Gasteiger charge is -2.36. The van der Waals surface area contributed by atoms with Gasteiger partial charge in [-0.15, -0.1) is 12.4 Å². The van der Waals surface area contributed by atoms with Gasteiger partial charge in [0.15, 0.2) is 0 Å². The molecule has 0 aromatic carbocycles. The summed E-state index contributed by atoms with van der Waals surface area (Å²) >= 11 is 0. The summed E-state index contributed by atoms with van der Waals surface area (Å²) in [7, 11) is 1.83. The van der Waals surface area contributed by atoms with Gasteiger partial charge >= 0.3 is 0 Å². The van der Waals surface area contributed by atoms with Crippen LogP contribution in [0.25, 0.3) is 0 Å². The minimum atomic E-state index is -0.848. The highest BCUT2D eigenvalue weighted by Gasteiger charge is 2.34. The molecular formula is C10H18ClFN2O. The van der Waals surface area contributed by atoms with Gasteiger partial charge in [-0.25, -0.2) is 4.39 Å². The van der Waals surface area contributed by atoms with Crippen molar-refractivity contribution in [1.29, 1.82) is 0 Å². The maximum atomic E-state index is 12.9. The quantitative estimate of drug-likeness (QED) is 0.779. The molecule has 15 heavy (non-hydrogen) atoms. The minimum Gasteiger partial charge on any atom is -0.341 e. The molecule has 2 aliphatic rings. The van der Waals surface area contributed by atoms with Crippen molar-refractivity contribution < 1.29 is 9.18 Å². The molecule has 0 aromatic rings. The molecule has 2 rings (SSSR count). The Hall–Kier alpha value is -0.350. The fourth-order valence-electron chi connectivity index (χ4n) is 2.08. The van der Waals surface area contributed by atoms with Crippen LogP contribution in [-0.4, -0.2) is 42.7 Å². The predicted molar refractivity (Wildman–Crippen MR) is 59.0 cm³/mol. The monoisotopic (exact) mass is 236 g/mol. The summed E-state index contributed by atoms with van der Waals surface area (Å²) in [6.45, 7) is 0.328. The van der Waals surface area contributed by atoms with E-state index in [0.29, 0.717) is 19.0 Å². The lowest BCUT2D eigenvalue weighted by Crippen LogP contribution is -2.48. The van der Waals surface area contributed by atoms with Gasteiger partial charge in [0.25, 0.3) is 0 Å². The Balaban J connectivity index is 0.00000112. The zero-order valence-corrected chi connectivity index (χ0v) is 9.73. The molecule has 1 aliphatic heterocycles. The molecule has 0 unspecified atom stereocenters. The Morgan fingerprint density at radius 1 is 1.47 bits per heavy atom. The molecule has 88 valence electrons. The molecule has 1 N–H and O–H groups in total. The fourth-order valence-corrected chi connectivity index (χ4v) is 2.08. The van der Waals surface area contributed by atoms with Crippen LogP contribution in [0.2, 0.25) is 0 Å². The number of halogens is 2. The average molecular weight is 237 g/mol. The van der Waals surface area contributed by atoms with Crippen molar-refractivity contribution >= 4 is 18.3 Å². The Morgan fingerprint density at radius 3 is 2.53 bits per heavy atom. The van der Waals surface area contributed by atoms with E-state index in [0.717, 1.165) is 12.8 Å². The molecule has 3 nitrogen and oxygen atoms in total. The first-order valence-corrected chi connectivity index (χ1v) is 5.32. The van der Waals surface area contributed by atoms with Crippen molar-refractivity contribution in [3.05, 3.63) is 0 Å². The number of likely N-dealkylation sites (N-methyl/N-ethyl adjacent to an activating group) is 1. The van der Waals surface area contributed by atoms with Crippen LogP contribution >= 0.6 is 12.4 Å². The van der Waals surface area contributed by atoms with Crippen molar-refractivity contribution in [3.8, 4) is 0 Å². The SMILES string of the molecule is CN(C(=O)[C@H]1C[C@H](F)CN1)C1CCC1.Cl. The van der Waals surface area contributed by atoms with Crippen LogP contribution in [0.3, 0.4) is 0 Å².